The number of rotatable bonds is 5. The minimum atomic E-state index is -0.524. The van der Waals surface area contributed by atoms with Crippen molar-refractivity contribution in [1.29, 1.82) is 5.41 Å². The molecule has 4 heteroatoms. The van der Waals surface area contributed by atoms with E-state index in [9.17, 15) is 4.79 Å². The molecule has 1 aliphatic carbocycles. The SMILES string of the molecule is CC(CC(=N)C(=O)OC(C)(C)C)NC1CCCCC1. The third-order valence-electron chi connectivity index (χ3n) is 3.28. The molecule has 1 unspecified atom stereocenters. The molecule has 0 spiro atoms. The highest BCUT2D eigenvalue weighted by Crippen LogP contribution is 2.18. The summed E-state index contributed by atoms with van der Waals surface area (Å²) in [6.07, 6.45) is 6.77. The molecular weight excluding hydrogens is 240 g/mol. The van der Waals surface area contributed by atoms with Crippen molar-refractivity contribution in [2.24, 2.45) is 0 Å². The van der Waals surface area contributed by atoms with Gasteiger partial charge in [0, 0.05) is 18.5 Å². The van der Waals surface area contributed by atoms with Crippen molar-refractivity contribution in [3.63, 3.8) is 0 Å². The van der Waals surface area contributed by atoms with Crippen LogP contribution in [0.2, 0.25) is 0 Å². The fraction of sp³-hybridized carbons (Fsp3) is 0.867. The largest absolute Gasteiger partial charge is 0.456 e. The lowest BCUT2D eigenvalue weighted by atomic mass is 9.94. The Hall–Kier alpha value is -0.900. The zero-order valence-corrected chi connectivity index (χ0v) is 12.7. The second kappa shape index (κ2) is 7.04. The van der Waals surface area contributed by atoms with Gasteiger partial charge in [0.25, 0.3) is 0 Å². The minimum Gasteiger partial charge on any atom is -0.456 e. The van der Waals surface area contributed by atoms with E-state index in [1.807, 2.05) is 27.7 Å². The molecular formula is C15H28N2O2. The first kappa shape index (κ1) is 16.2. The molecule has 1 saturated carbocycles. The van der Waals surface area contributed by atoms with Crippen LogP contribution in [0.4, 0.5) is 0 Å². The molecule has 110 valence electrons. The molecule has 0 aromatic rings. The molecule has 0 radical (unpaired) electrons. The fourth-order valence-electron chi connectivity index (χ4n) is 2.46. The summed E-state index contributed by atoms with van der Waals surface area (Å²) in [5.74, 6) is -0.496. The van der Waals surface area contributed by atoms with Crippen molar-refractivity contribution >= 4 is 11.7 Å². The summed E-state index contributed by atoms with van der Waals surface area (Å²) in [6, 6.07) is 0.707. The number of ether oxygens (including phenoxy) is 1. The lowest BCUT2D eigenvalue weighted by Gasteiger charge is -2.27. The van der Waals surface area contributed by atoms with Crippen molar-refractivity contribution in [3.8, 4) is 0 Å². The van der Waals surface area contributed by atoms with E-state index in [-0.39, 0.29) is 11.8 Å². The topological polar surface area (TPSA) is 62.2 Å². The number of hydrogen-bond acceptors (Lipinski definition) is 4. The lowest BCUT2D eigenvalue weighted by Crippen LogP contribution is -2.40. The van der Waals surface area contributed by atoms with E-state index in [1.165, 1.54) is 32.1 Å². The predicted molar refractivity (Wildman–Crippen MR) is 77.7 cm³/mol. The zero-order chi connectivity index (χ0) is 14.5. The van der Waals surface area contributed by atoms with Gasteiger partial charge in [-0.3, -0.25) is 5.41 Å². The van der Waals surface area contributed by atoms with Crippen molar-refractivity contribution in [2.75, 3.05) is 0 Å². The van der Waals surface area contributed by atoms with E-state index in [0.29, 0.717) is 12.5 Å². The lowest BCUT2D eigenvalue weighted by molar-refractivity contribution is -0.146. The Morgan fingerprint density at radius 3 is 2.42 bits per heavy atom. The normalized spacial score (nSPS) is 18.9. The number of carbonyl (C=O) groups is 1. The Morgan fingerprint density at radius 1 is 1.32 bits per heavy atom. The maximum absolute atomic E-state index is 11.7. The molecule has 2 N–H and O–H groups in total. The van der Waals surface area contributed by atoms with E-state index in [2.05, 4.69) is 5.32 Å². The molecule has 4 nitrogen and oxygen atoms in total. The highest BCUT2D eigenvalue weighted by atomic mass is 16.6. The average molecular weight is 268 g/mol. The standard InChI is InChI=1S/C15H28N2O2/c1-11(17-12-8-6-5-7-9-12)10-13(16)14(18)19-15(2,3)4/h11-12,16-17H,5-10H2,1-4H3. The molecule has 1 atom stereocenters. The molecule has 0 amide bonds. The number of hydrogen-bond donors (Lipinski definition) is 2. The van der Waals surface area contributed by atoms with Gasteiger partial charge in [0.15, 0.2) is 0 Å². The molecule has 0 bridgehead atoms. The Morgan fingerprint density at radius 2 is 1.89 bits per heavy atom. The van der Waals surface area contributed by atoms with E-state index in [1.54, 1.807) is 0 Å². The average Bonchev–Trinajstić information content (AvgIpc) is 2.27. The number of carbonyl (C=O) groups excluding carboxylic acids is 1. The first-order chi connectivity index (χ1) is 8.78. The van der Waals surface area contributed by atoms with Crippen LogP contribution < -0.4 is 5.32 Å². The quantitative estimate of drug-likeness (QED) is 0.595. The van der Waals surface area contributed by atoms with Crippen molar-refractivity contribution < 1.29 is 9.53 Å². The highest BCUT2D eigenvalue weighted by molar-refractivity contribution is 6.35. The van der Waals surface area contributed by atoms with Crippen LogP contribution in [-0.4, -0.2) is 29.4 Å². The summed E-state index contributed by atoms with van der Waals surface area (Å²) in [5, 5.41) is 11.3. The minimum absolute atomic E-state index is 0.0609. The summed E-state index contributed by atoms with van der Waals surface area (Å²) in [4.78, 5) is 11.7. The van der Waals surface area contributed by atoms with Crippen LogP contribution in [-0.2, 0) is 9.53 Å². The fourth-order valence-corrected chi connectivity index (χ4v) is 2.46. The molecule has 1 fully saturated rings. The molecule has 0 aromatic heterocycles. The monoisotopic (exact) mass is 268 g/mol. The van der Waals surface area contributed by atoms with Gasteiger partial charge in [0.1, 0.15) is 11.3 Å². The Bertz CT molecular complexity index is 315. The predicted octanol–water partition coefficient (Wildman–Crippen LogP) is 3.05. The van der Waals surface area contributed by atoms with Gasteiger partial charge in [-0.25, -0.2) is 4.79 Å². The maximum atomic E-state index is 11.7. The van der Waals surface area contributed by atoms with Gasteiger partial charge < -0.3 is 10.1 Å². The third-order valence-corrected chi connectivity index (χ3v) is 3.28. The van der Waals surface area contributed by atoms with Crippen LogP contribution in [0.5, 0.6) is 0 Å². The first-order valence-corrected chi connectivity index (χ1v) is 7.35. The first-order valence-electron chi connectivity index (χ1n) is 7.35. The molecule has 0 aromatic carbocycles. The second-order valence-electron chi connectivity index (χ2n) is 6.59. The summed E-state index contributed by atoms with van der Waals surface area (Å²) < 4.78 is 5.20. The number of nitrogens with one attached hydrogen (secondary N) is 2. The molecule has 0 heterocycles. The number of esters is 1. The van der Waals surface area contributed by atoms with Crippen LogP contribution >= 0.6 is 0 Å². The maximum Gasteiger partial charge on any atom is 0.352 e. The smallest absolute Gasteiger partial charge is 0.352 e. The van der Waals surface area contributed by atoms with E-state index in [0.717, 1.165) is 0 Å². The van der Waals surface area contributed by atoms with Crippen LogP contribution in [0, 0.1) is 5.41 Å². The molecule has 19 heavy (non-hydrogen) atoms. The summed E-state index contributed by atoms with van der Waals surface area (Å²) in [7, 11) is 0. The van der Waals surface area contributed by atoms with Gasteiger partial charge in [-0.1, -0.05) is 19.3 Å². The van der Waals surface area contributed by atoms with Gasteiger partial charge in [-0.05, 0) is 40.5 Å². The Balaban J connectivity index is 2.32. The summed E-state index contributed by atoms with van der Waals surface area (Å²) in [5.41, 5.74) is -0.464. The van der Waals surface area contributed by atoms with Crippen molar-refractivity contribution in [1.82, 2.24) is 5.32 Å². The van der Waals surface area contributed by atoms with Gasteiger partial charge in [-0.15, -0.1) is 0 Å². The van der Waals surface area contributed by atoms with Crippen molar-refractivity contribution in [2.45, 2.75) is 83.9 Å². The zero-order valence-electron chi connectivity index (χ0n) is 12.7. The van der Waals surface area contributed by atoms with Gasteiger partial charge in [0.05, 0.1) is 0 Å². The van der Waals surface area contributed by atoms with Crippen LogP contribution in [0.1, 0.15) is 66.2 Å². The van der Waals surface area contributed by atoms with Crippen LogP contribution in [0.25, 0.3) is 0 Å². The summed E-state index contributed by atoms with van der Waals surface area (Å²) in [6.45, 7) is 7.50. The van der Waals surface area contributed by atoms with Crippen molar-refractivity contribution in [3.05, 3.63) is 0 Å². The molecule has 1 aliphatic rings. The molecule has 0 saturated heterocycles. The molecule has 1 rings (SSSR count). The Kier molecular flexibility index (Phi) is 5.98. The van der Waals surface area contributed by atoms with Gasteiger partial charge in [-0.2, -0.15) is 0 Å². The van der Waals surface area contributed by atoms with Crippen LogP contribution in [0.15, 0.2) is 0 Å². The van der Waals surface area contributed by atoms with Gasteiger partial charge in [0.2, 0.25) is 0 Å². The third kappa shape index (κ3) is 6.71. The van der Waals surface area contributed by atoms with Gasteiger partial charge >= 0.3 is 5.97 Å². The van der Waals surface area contributed by atoms with E-state index >= 15 is 0 Å². The van der Waals surface area contributed by atoms with E-state index < -0.39 is 11.6 Å². The highest BCUT2D eigenvalue weighted by Gasteiger charge is 2.22. The van der Waals surface area contributed by atoms with E-state index in [4.69, 9.17) is 10.1 Å². The second-order valence-corrected chi connectivity index (χ2v) is 6.59. The Labute approximate surface area is 116 Å². The molecule has 0 aliphatic heterocycles. The summed E-state index contributed by atoms with van der Waals surface area (Å²) >= 11 is 0. The van der Waals surface area contributed by atoms with Crippen LogP contribution in [0.3, 0.4) is 0 Å².